The molecule has 1 aromatic heterocycles. The molecular weight excluding hydrogens is 220 g/mol. The molecular formula is C16H18N2. The molecule has 18 heavy (non-hydrogen) atoms. The lowest BCUT2D eigenvalue weighted by Gasteiger charge is -2.04. The van der Waals surface area contributed by atoms with Gasteiger partial charge in [0.15, 0.2) is 0 Å². The van der Waals surface area contributed by atoms with Crippen LogP contribution >= 0.6 is 0 Å². The molecule has 92 valence electrons. The van der Waals surface area contributed by atoms with Crippen molar-refractivity contribution in [3.05, 3.63) is 59.2 Å². The number of aromatic nitrogens is 2. The maximum Gasteiger partial charge on any atom is 0.125 e. The summed E-state index contributed by atoms with van der Waals surface area (Å²) in [4.78, 5) is 8.33. The Balaban J connectivity index is 2.11. The van der Waals surface area contributed by atoms with Crippen molar-refractivity contribution in [2.45, 2.75) is 26.7 Å². The van der Waals surface area contributed by atoms with E-state index in [9.17, 15) is 0 Å². The maximum absolute atomic E-state index is 4.17. The Kier molecular flexibility index (Phi) is 3.88. The Morgan fingerprint density at radius 2 is 1.44 bits per heavy atom. The zero-order valence-electron chi connectivity index (χ0n) is 11.1. The summed E-state index contributed by atoms with van der Waals surface area (Å²) in [5.74, 6) is 1.38. The van der Waals surface area contributed by atoms with Crippen molar-refractivity contribution in [2.75, 3.05) is 0 Å². The van der Waals surface area contributed by atoms with E-state index in [2.05, 4.69) is 54.2 Å². The zero-order valence-corrected chi connectivity index (χ0v) is 11.1. The molecule has 0 bridgehead atoms. The molecule has 2 aromatic rings. The Morgan fingerprint density at radius 3 is 2.00 bits per heavy atom. The van der Waals surface area contributed by atoms with Crippen molar-refractivity contribution in [3.8, 4) is 0 Å². The fourth-order valence-corrected chi connectivity index (χ4v) is 1.67. The second-order valence-electron chi connectivity index (χ2n) is 4.72. The molecule has 0 aliphatic rings. The molecule has 0 saturated carbocycles. The summed E-state index contributed by atoms with van der Waals surface area (Å²) in [7, 11) is 0. The molecule has 0 unspecified atom stereocenters. The van der Waals surface area contributed by atoms with E-state index >= 15 is 0 Å². The van der Waals surface area contributed by atoms with Crippen molar-refractivity contribution >= 4 is 12.2 Å². The molecule has 2 rings (SSSR count). The van der Waals surface area contributed by atoms with E-state index in [0.29, 0.717) is 5.92 Å². The van der Waals surface area contributed by atoms with Gasteiger partial charge in [-0.2, -0.15) is 0 Å². The maximum atomic E-state index is 4.17. The molecule has 1 aromatic carbocycles. The average molecular weight is 238 g/mol. The lowest BCUT2D eigenvalue weighted by atomic mass is 10.0. The van der Waals surface area contributed by atoms with Crippen LogP contribution in [0.3, 0.4) is 0 Å². The van der Waals surface area contributed by atoms with Crippen LogP contribution in [-0.4, -0.2) is 9.97 Å². The first kappa shape index (κ1) is 12.5. The summed E-state index contributed by atoms with van der Waals surface area (Å²) >= 11 is 0. The largest absolute Gasteiger partial charge is 0.241 e. The van der Waals surface area contributed by atoms with Gasteiger partial charge in [0.1, 0.15) is 5.82 Å². The van der Waals surface area contributed by atoms with Crippen LogP contribution in [-0.2, 0) is 0 Å². The first-order chi connectivity index (χ1) is 8.65. The number of nitrogens with zero attached hydrogens (tertiary/aromatic N) is 2. The van der Waals surface area contributed by atoms with Gasteiger partial charge >= 0.3 is 0 Å². The first-order valence-electron chi connectivity index (χ1n) is 6.22. The zero-order chi connectivity index (χ0) is 13.0. The summed E-state index contributed by atoms with van der Waals surface area (Å²) < 4.78 is 0. The quantitative estimate of drug-likeness (QED) is 0.805. The number of benzene rings is 1. The number of hydrogen-bond donors (Lipinski definition) is 0. The van der Waals surface area contributed by atoms with E-state index in [1.165, 1.54) is 11.1 Å². The molecule has 0 N–H and O–H groups in total. The van der Waals surface area contributed by atoms with Crippen molar-refractivity contribution in [2.24, 2.45) is 0 Å². The third-order valence-corrected chi connectivity index (χ3v) is 2.87. The van der Waals surface area contributed by atoms with Gasteiger partial charge < -0.3 is 0 Å². The van der Waals surface area contributed by atoms with E-state index in [1.807, 2.05) is 25.4 Å². The average Bonchev–Trinajstić information content (AvgIpc) is 2.38. The fraction of sp³-hybridized carbons (Fsp3) is 0.250. The van der Waals surface area contributed by atoms with Crippen LogP contribution in [0, 0.1) is 6.92 Å². The third kappa shape index (κ3) is 3.27. The van der Waals surface area contributed by atoms with Gasteiger partial charge in [-0.05, 0) is 24.0 Å². The number of aryl methyl sites for hydroxylation is 1. The third-order valence-electron chi connectivity index (χ3n) is 2.87. The Morgan fingerprint density at radius 1 is 0.889 bits per heavy atom. The highest BCUT2D eigenvalue weighted by Crippen LogP contribution is 2.15. The van der Waals surface area contributed by atoms with Gasteiger partial charge in [0.05, 0.1) is 0 Å². The predicted molar refractivity (Wildman–Crippen MR) is 76.2 cm³/mol. The highest BCUT2D eigenvalue weighted by molar-refractivity contribution is 5.68. The minimum absolute atomic E-state index is 0.577. The van der Waals surface area contributed by atoms with Crippen molar-refractivity contribution < 1.29 is 0 Å². The van der Waals surface area contributed by atoms with Crippen LogP contribution in [0.25, 0.3) is 12.2 Å². The van der Waals surface area contributed by atoms with E-state index in [4.69, 9.17) is 0 Å². The molecule has 2 heteroatoms. The molecule has 0 radical (unpaired) electrons. The molecule has 2 nitrogen and oxygen atoms in total. The highest BCUT2D eigenvalue weighted by atomic mass is 14.8. The van der Waals surface area contributed by atoms with Crippen molar-refractivity contribution in [1.29, 1.82) is 0 Å². The fourth-order valence-electron chi connectivity index (χ4n) is 1.67. The molecule has 0 spiro atoms. The van der Waals surface area contributed by atoms with E-state index < -0.39 is 0 Å². The Labute approximate surface area is 108 Å². The molecule has 0 aliphatic heterocycles. The predicted octanol–water partition coefficient (Wildman–Crippen LogP) is 4.08. The van der Waals surface area contributed by atoms with Gasteiger partial charge in [-0.3, -0.25) is 0 Å². The molecule has 0 atom stereocenters. The summed E-state index contributed by atoms with van der Waals surface area (Å²) in [6, 6.07) is 8.63. The van der Waals surface area contributed by atoms with Crippen LogP contribution in [0.1, 0.15) is 42.3 Å². The lowest BCUT2D eigenvalue weighted by Crippen LogP contribution is -1.87. The van der Waals surface area contributed by atoms with Gasteiger partial charge in [-0.1, -0.05) is 50.3 Å². The van der Waals surface area contributed by atoms with Crippen LogP contribution in [0.15, 0.2) is 36.7 Å². The lowest BCUT2D eigenvalue weighted by molar-refractivity contribution is 0.866. The summed E-state index contributed by atoms with van der Waals surface area (Å²) in [6.45, 7) is 6.29. The van der Waals surface area contributed by atoms with Crippen molar-refractivity contribution in [1.82, 2.24) is 9.97 Å². The minimum atomic E-state index is 0.577. The van der Waals surface area contributed by atoms with E-state index in [-0.39, 0.29) is 0 Å². The minimum Gasteiger partial charge on any atom is -0.241 e. The topological polar surface area (TPSA) is 25.8 Å². The first-order valence-corrected chi connectivity index (χ1v) is 6.22. The number of rotatable bonds is 3. The summed E-state index contributed by atoms with van der Waals surface area (Å²) in [5.41, 5.74) is 3.58. The Hall–Kier alpha value is -1.96. The molecule has 0 aliphatic carbocycles. The SMILES string of the molecule is Cc1ncc(/C=C/c2ccc(C(C)C)cc2)cn1. The van der Waals surface area contributed by atoms with Crippen LogP contribution in [0.4, 0.5) is 0 Å². The smallest absolute Gasteiger partial charge is 0.125 e. The highest BCUT2D eigenvalue weighted by Gasteiger charge is 1.97. The normalized spacial score (nSPS) is 11.3. The van der Waals surface area contributed by atoms with Gasteiger partial charge in [0, 0.05) is 18.0 Å². The van der Waals surface area contributed by atoms with Crippen LogP contribution < -0.4 is 0 Å². The monoisotopic (exact) mass is 238 g/mol. The van der Waals surface area contributed by atoms with Crippen molar-refractivity contribution in [3.63, 3.8) is 0 Å². The van der Waals surface area contributed by atoms with Gasteiger partial charge in [-0.15, -0.1) is 0 Å². The van der Waals surface area contributed by atoms with Crippen LogP contribution in [0.2, 0.25) is 0 Å². The molecule has 0 saturated heterocycles. The molecule has 0 fully saturated rings. The van der Waals surface area contributed by atoms with E-state index in [0.717, 1.165) is 11.4 Å². The second-order valence-corrected chi connectivity index (χ2v) is 4.72. The van der Waals surface area contributed by atoms with Gasteiger partial charge in [-0.25, -0.2) is 9.97 Å². The van der Waals surface area contributed by atoms with Gasteiger partial charge in [0.2, 0.25) is 0 Å². The van der Waals surface area contributed by atoms with E-state index in [1.54, 1.807) is 0 Å². The number of hydrogen-bond acceptors (Lipinski definition) is 2. The standard InChI is InChI=1S/C16H18N2/c1-12(2)16-8-6-14(7-9-16)4-5-15-10-17-13(3)18-11-15/h4-12H,1-3H3/b5-4+. The second kappa shape index (κ2) is 5.58. The molecule has 0 amide bonds. The Bertz CT molecular complexity index is 522. The molecule has 1 heterocycles. The van der Waals surface area contributed by atoms with Gasteiger partial charge in [0.25, 0.3) is 0 Å². The van der Waals surface area contributed by atoms with Crippen LogP contribution in [0.5, 0.6) is 0 Å². The summed E-state index contributed by atoms with van der Waals surface area (Å²) in [5, 5.41) is 0. The summed E-state index contributed by atoms with van der Waals surface area (Å²) in [6.07, 6.45) is 7.78.